The number of sulfonamides is 1. The van der Waals surface area contributed by atoms with E-state index >= 15 is 0 Å². The van der Waals surface area contributed by atoms with Gasteiger partial charge in [-0.1, -0.05) is 18.2 Å². The Balaban J connectivity index is 1.74. The standard InChI is InChI=1S/C20H20N2O3S/c1-15-9-10-20(12-16(15)2)26(23,24)22-17-7-5-8-19(13-17)25-14-18-6-3-4-11-21-18/h3-13,22H,14H2,1-2H3. The molecule has 26 heavy (non-hydrogen) atoms. The second kappa shape index (κ2) is 7.58. The van der Waals surface area contributed by atoms with Gasteiger partial charge in [0, 0.05) is 12.3 Å². The Kier molecular flexibility index (Phi) is 5.23. The Morgan fingerprint density at radius 3 is 2.54 bits per heavy atom. The van der Waals surface area contributed by atoms with Crippen molar-refractivity contribution >= 4 is 15.7 Å². The van der Waals surface area contributed by atoms with Crippen LogP contribution in [0.15, 0.2) is 71.8 Å². The first-order valence-electron chi connectivity index (χ1n) is 8.17. The number of hydrogen-bond acceptors (Lipinski definition) is 4. The average Bonchev–Trinajstić information content (AvgIpc) is 2.63. The normalized spacial score (nSPS) is 11.2. The summed E-state index contributed by atoms with van der Waals surface area (Å²) in [5.41, 5.74) is 3.23. The van der Waals surface area contributed by atoms with Gasteiger partial charge in [0.15, 0.2) is 0 Å². The molecule has 134 valence electrons. The molecule has 0 aliphatic rings. The SMILES string of the molecule is Cc1ccc(S(=O)(=O)Nc2cccc(OCc3ccccn3)c2)cc1C. The quantitative estimate of drug-likeness (QED) is 0.712. The summed E-state index contributed by atoms with van der Waals surface area (Å²) < 4.78 is 33.5. The number of nitrogens with zero attached hydrogens (tertiary/aromatic N) is 1. The fourth-order valence-electron chi connectivity index (χ4n) is 2.39. The topological polar surface area (TPSA) is 68.3 Å². The molecule has 6 heteroatoms. The molecular formula is C20H20N2O3S. The first kappa shape index (κ1) is 17.9. The number of anilines is 1. The molecule has 0 radical (unpaired) electrons. The summed E-state index contributed by atoms with van der Waals surface area (Å²) >= 11 is 0. The highest BCUT2D eigenvalue weighted by Gasteiger charge is 2.15. The van der Waals surface area contributed by atoms with Crippen LogP contribution in [0, 0.1) is 13.8 Å². The van der Waals surface area contributed by atoms with Crippen molar-refractivity contribution in [1.29, 1.82) is 0 Å². The van der Waals surface area contributed by atoms with Gasteiger partial charge in [-0.25, -0.2) is 8.42 Å². The zero-order chi connectivity index (χ0) is 18.6. The molecule has 0 aliphatic heterocycles. The summed E-state index contributed by atoms with van der Waals surface area (Å²) in [6, 6.07) is 17.5. The van der Waals surface area contributed by atoms with Crippen LogP contribution < -0.4 is 9.46 Å². The van der Waals surface area contributed by atoms with Gasteiger partial charge in [-0.05, 0) is 61.4 Å². The zero-order valence-corrected chi connectivity index (χ0v) is 15.5. The van der Waals surface area contributed by atoms with Crippen LogP contribution in [0.5, 0.6) is 5.75 Å². The average molecular weight is 368 g/mol. The summed E-state index contributed by atoms with van der Waals surface area (Å²) in [4.78, 5) is 4.43. The van der Waals surface area contributed by atoms with Crippen molar-refractivity contribution in [1.82, 2.24) is 4.98 Å². The smallest absolute Gasteiger partial charge is 0.261 e. The van der Waals surface area contributed by atoms with Gasteiger partial charge in [0.05, 0.1) is 16.3 Å². The second-order valence-corrected chi connectivity index (χ2v) is 7.67. The number of hydrogen-bond donors (Lipinski definition) is 1. The third-order valence-corrected chi connectivity index (χ3v) is 5.37. The van der Waals surface area contributed by atoms with Crippen molar-refractivity contribution in [2.75, 3.05) is 4.72 Å². The van der Waals surface area contributed by atoms with Gasteiger partial charge in [0.2, 0.25) is 0 Å². The van der Waals surface area contributed by atoms with Crippen LogP contribution in [-0.2, 0) is 16.6 Å². The van der Waals surface area contributed by atoms with Gasteiger partial charge in [-0.2, -0.15) is 0 Å². The zero-order valence-electron chi connectivity index (χ0n) is 14.6. The van der Waals surface area contributed by atoms with Crippen LogP contribution in [0.4, 0.5) is 5.69 Å². The molecule has 5 nitrogen and oxygen atoms in total. The maximum Gasteiger partial charge on any atom is 0.261 e. The van der Waals surface area contributed by atoms with Crippen LogP contribution in [0.1, 0.15) is 16.8 Å². The van der Waals surface area contributed by atoms with Crippen LogP contribution in [0.2, 0.25) is 0 Å². The highest BCUT2D eigenvalue weighted by atomic mass is 32.2. The Morgan fingerprint density at radius 2 is 1.81 bits per heavy atom. The minimum Gasteiger partial charge on any atom is -0.487 e. The lowest BCUT2D eigenvalue weighted by Gasteiger charge is -2.11. The summed E-state index contributed by atoms with van der Waals surface area (Å²) in [7, 11) is -3.65. The predicted octanol–water partition coefficient (Wildman–Crippen LogP) is 4.08. The van der Waals surface area contributed by atoms with Gasteiger partial charge in [-0.3, -0.25) is 9.71 Å². The van der Waals surface area contributed by atoms with Crippen LogP contribution in [0.3, 0.4) is 0 Å². The fourth-order valence-corrected chi connectivity index (χ4v) is 3.52. The second-order valence-electron chi connectivity index (χ2n) is 5.99. The van der Waals surface area contributed by atoms with Crippen molar-refractivity contribution in [2.24, 2.45) is 0 Å². The van der Waals surface area contributed by atoms with E-state index in [9.17, 15) is 8.42 Å². The minimum atomic E-state index is -3.65. The molecule has 2 aromatic carbocycles. The Bertz CT molecular complexity index is 1000. The van der Waals surface area contributed by atoms with Gasteiger partial charge in [-0.15, -0.1) is 0 Å². The third-order valence-electron chi connectivity index (χ3n) is 3.99. The Hall–Kier alpha value is -2.86. The molecule has 3 rings (SSSR count). The molecule has 0 saturated heterocycles. The first-order chi connectivity index (χ1) is 12.4. The number of aromatic nitrogens is 1. The minimum absolute atomic E-state index is 0.236. The largest absolute Gasteiger partial charge is 0.487 e. The summed E-state index contributed by atoms with van der Waals surface area (Å²) in [6.45, 7) is 4.15. The predicted molar refractivity (Wildman–Crippen MR) is 102 cm³/mol. The van der Waals surface area contributed by atoms with Gasteiger partial charge < -0.3 is 4.74 Å². The van der Waals surface area contributed by atoms with Crippen LogP contribution >= 0.6 is 0 Å². The number of benzene rings is 2. The van der Waals surface area contributed by atoms with Crippen molar-refractivity contribution in [3.63, 3.8) is 0 Å². The molecule has 1 heterocycles. The van der Waals surface area contributed by atoms with E-state index in [1.165, 1.54) is 0 Å². The number of nitrogens with one attached hydrogen (secondary N) is 1. The fraction of sp³-hybridized carbons (Fsp3) is 0.150. The molecule has 0 atom stereocenters. The summed E-state index contributed by atoms with van der Waals surface area (Å²) in [5.74, 6) is 0.566. The van der Waals surface area contributed by atoms with Gasteiger partial charge in [0.1, 0.15) is 12.4 Å². The van der Waals surface area contributed by atoms with Crippen LogP contribution in [-0.4, -0.2) is 13.4 Å². The van der Waals surface area contributed by atoms with E-state index in [1.54, 1.807) is 48.7 Å². The molecule has 0 unspecified atom stereocenters. The van der Waals surface area contributed by atoms with E-state index in [4.69, 9.17) is 4.74 Å². The van der Waals surface area contributed by atoms with Crippen molar-refractivity contribution in [2.45, 2.75) is 25.3 Å². The number of ether oxygens (including phenoxy) is 1. The lowest BCUT2D eigenvalue weighted by atomic mass is 10.1. The number of pyridine rings is 1. The number of rotatable bonds is 6. The molecule has 0 saturated carbocycles. The van der Waals surface area contributed by atoms with E-state index in [0.29, 0.717) is 18.0 Å². The molecule has 1 aromatic heterocycles. The Morgan fingerprint density at radius 1 is 0.962 bits per heavy atom. The lowest BCUT2D eigenvalue weighted by Crippen LogP contribution is -2.13. The monoisotopic (exact) mass is 368 g/mol. The highest BCUT2D eigenvalue weighted by Crippen LogP contribution is 2.22. The number of aryl methyl sites for hydroxylation is 2. The van der Waals surface area contributed by atoms with E-state index in [-0.39, 0.29) is 4.90 Å². The molecular weight excluding hydrogens is 348 g/mol. The van der Waals surface area contributed by atoms with Crippen molar-refractivity contribution < 1.29 is 13.2 Å². The van der Waals surface area contributed by atoms with E-state index < -0.39 is 10.0 Å². The Labute approximate surface area is 153 Å². The van der Waals surface area contributed by atoms with Gasteiger partial charge >= 0.3 is 0 Å². The van der Waals surface area contributed by atoms with E-state index in [0.717, 1.165) is 16.8 Å². The highest BCUT2D eigenvalue weighted by molar-refractivity contribution is 7.92. The first-order valence-corrected chi connectivity index (χ1v) is 9.65. The summed E-state index contributed by atoms with van der Waals surface area (Å²) in [5, 5.41) is 0. The van der Waals surface area contributed by atoms with Crippen LogP contribution in [0.25, 0.3) is 0 Å². The van der Waals surface area contributed by atoms with Crippen molar-refractivity contribution in [3.8, 4) is 5.75 Å². The summed E-state index contributed by atoms with van der Waals surface area (Å²) in [6.07, 6.45) is 1.70. The molecule has 0 spiro atoms. The van der Waals surface area contributed by atoms with E-state index in [1.807, 2.05) is 32.0 Å². The molecule has 1 N–H and O–H groups in total. The van der Waals surface area contributed by atoms with Crippen molar-refractivity contribution in [3.05, 3.63) is 83.7 Å². The maximum atomic E-state index is 12.6. The van der Waals surface area contributed by atoms with Gasteiger partial charge in [0.25, 0.3) is 10.0 Å². The maximum absolute atomic E-state index is 12.6. The molecule has 3 aromatic rings. The lowest BCUT2D eigenvalue weighted by molar-refractivity contribution is 0.301. The molecule has 0 bridgehead atoms. The van der Waals surface area contributed by atoms with E-state index in [2.05, 4.69) is 9.71 Å². The third kappa shape index (κ3) is 4.40. The molecule has 0 fully saturated rings. The molecule has 0 aliphatic carbocycles. The molecule has 0 amide bonds.